The number of aryl methyl sites for hydroxylation is 1. The highest BCUT2D eigenvalue weighted by Crippen LogP contribution is 2.35. The number of non-ortho nitro benzene ring substituents is 1. The van der Waals surface area contributed by atoms with Gasteiger partial charge in [-0.25, -0.2) is 9.78 Å². The fourth-order valence-electron chi connectivity index (χ4n) is 2.94. The SMILES string of the molecule is COC(=O)c1cc(-c2nc3scc(-c4ccc(C)s4)c3c(=O)[nH]2)cc([N+](=O)[O-])c1. The molecule has 1 aromatic carbocycles. The van der Waals surface area contributed by atoms with Gasteiger partial charge in [0.2, 0.25) is 0 Å². The van der Waals surface area contributed by atoms with E-state index >= 15 is 0 Å². The van der Waals surface area contributed by atoms with Crippen LogP contribution in [-0.2, 0) is 4.74 Å². The number of rotatable bonds is 4. The van der Waals surface area contributed by atoms with Crippen LogP contribution in [0.5, 0.6) is 0 Å². The fraction of sp³-hybridized carbons (Fsp3) is 0.105. The number of aromatic nitrogens is 2. The third-order valence-corrected chi connectivity index (χ3v) is 6.18. The maximum absolute atomic E-state index is 12.8. The number of ether oxygens (including phenoxy) is 1. The van der Waals surface area contributed by atoms with Crippen molar-refractivity contribution in [3.05, 3.63) is 66.6 Å². The first kappa shape index (κ1) is 19.0. The van der Waals surface area contributed by atoms with E-state index in [9.17, 15) is 19.7 Å². The summed E-state index contributed by atoms with van der Waals surface area (Å²) in [4.78, 5) is 45.1. The summed E-state index contributed by atoms with van der Waals surface area (Å²) >= 11 is 2.90. The van der Waals surface area contributed by atoms with Crippen molar-refractivity contribution in [1.82, 2.24) is 9.97 Å². The van der Waals surface area contributed by atoms with Gasteiger partial charge in [0.05, 0.1) is 23.0 Å². The third kappa shape index (κ3) is 3.43. The maximum Gasteiger partial charge on any atom is 0.338 e. The van der Waals surface area contributed by atoms with Crippen LogP contribution in [0.1, 0.15) is 15.2 Å². The largest absolute Gasteiger partial charge is 0.465 e. The highest BCUT2D eigenvalue weighted by atomic mass is 32.1. The number of esters is 1. The zero-order chi connectivity index (χ0) is 20.7. The van der Waals surface area contributed by atoms with Crippen LogP contribution >= 0.6 is 22.7 Å². The van der Waals surface area contributed by atoms with Crippen LogP contribution in [0.25, 0.3) is 32.0 Å². The predicted molar refractivity (Wildman–Crippen MR) is 112 cm³/mol. The Morgan fingerprint density at radius 2 is 2.07 bits per heavy atom. The minimum absolute atomic E-state index is 0.000348. The van der Waals surface area contributed by atoms with Crippen molar-refractivity contribution in [1.29, 1.82) is 0 Å². The molecule has 0 saturated carbocycles. The molecule has 0 bridgehead atoms. The first-order valence-electron chi connectivity index (χ1n) is 8.34. The second kappa shape index (κ2) is 7.22. The summed E-state index contributed by atoms with van der Waals surface area (Å²) in [5.74, 6) is -0.572. The van der Waals surface area contributed by atoms with Gasteiger partial charge in [-0.05, 0) is 25.1 Å². The maximum atomic E-state index is 12.8. The Morgan fingerprint density at radius 1 is 1.28 bits per heavy atom. The number of hydrogen-bond donors (Lipinski definition) is 1. The predicted octanol–water partition coefficient (Wildman–Crippen LogP) is 4.38. The molecule has 4 rings (SSSR count). The van der Waals surface area contributed by atoms with Gasteiger partial charge in [0.15, 0.2) is 0 Å². The quantitative estimate of drug-likeness (QED) is 0.293. The molecule has 0 saturated heterocycles. The molecular formula is C19H13N3O5S2. The minimum atomic E-state index is -0.718. The lowest BCUT2D eigenvalue weighted by atomic mass is 10.1. The lowest BCUT2D eigenvalue weighted by Crippen LogP contribution is -2.10. The van der Waals surface area contributed by atoms with E-state index in [1.54, 1.807) is 11.3 Å². The summed E-state index contributed by atoms with van der Waals surface area (Å²) in [6.45, 7) is 1.99. The Morgan fingerprint density at radius 3 is 2.72 bits per heavy atom. The number of carbonyl (C=O) groups is 1. The van der Waals surface area contributed by atoms with E-state index in [1.165, 1.54) is 30.6 Å². The smallest absolute Gasteiger partial charge is 0.338 e. The molecule has 10 heteroatoms. The molecule has 0 amide bonds. The van der Waals surface area contributed by atoms with Crippen LogP contribution in [-0.4, -0.2) is 28.0 Å². The van der Waals surface area contributed by atoms with Gasteiger partial charge in [-0.2, -0.15) is 0 Å². The summed E-state index contributed by atoms with van der Waals surface area (Å²) in [5.41, 5.74) is 0.406. The molecule has 0 unspecified atom stereocenters. The molecule has 0 fully saturated rings. The van der Waals surface area contributed by atoms with Crippen molar-refractivity contribution in [3.8, 4) is 21.8 Å². The average molecular weight is 427 g/mol. The van der Waals surface area contributed by atoms with Gasteiger partial charge in [0.25, 0.3) is 11.2 Å². The normalized spacial score (nSPS) is 11.0. The molecule has 0 aliphatic rings. The molecule has 29 heavy (non-hydrogen) atoms. The van der Waals surface area contributed by atoms with Crippen molar-refractivity contribution in [2.24, 2.45) is 0 Å². The molecular weight excluding hydrogens is 414 g/mol. The Hall–Kier alpha value is -3.37. The molecule has 1 N–H and O–H groups in total. The van der Waals surface area contributed by atoms with Crippen LogP contribution in [0.4, 0.5) is 5.69 Å². The van der Waals surface area contributed by atoms with E-state index in [0.29, 0.717) is 10.2 Å². The summed E-state index contributed by atoms with van der Waals surface area (Å²) in [6, 6.07) is 7.72. The van der Waals surface area contributed by atoms with E-state index in [2.05, 4.69) is 14.7 Å². The van der Waals surface area contributed by atoms with E-state index in [0.717, 1.165) is 21.4 Å². The first-order valence-corrected chi connectivity index (χ1v) is 10.0. The number of nitrogens with one attached hydrogen (secondary N) is 1. The molecule has 4 aromatic rings. The molecule has 0 spiro atoms. The van der Waals surface area contributed by atoms with E-state index in [-0.39, 0.29) is 28.2 Å². The number of H-pyrrole nitrogens is 1. The zero-order valence-electron chi connectivity index (χ0n) is 15.2. The number of nitro benzene ring substituents is 1. The first-order chi connectivity index (χ1) is 13.9. The average Bonchev–Trinajstić information content (AvgIpc) is 3.33. The lowest BCUT2D eigenvalue weighted by molar-refractivity contribution is -0.384. The third-order valence-electron chi connectivity index (χ3n) is 4.27. The van der Waals surface area contributed by atoms with Gasteiger partial charge in [-0.1, -0.05) is 0 Å². The van der Waals surface area contributed by atoms with E-state index < -0.39 is 10.9 Å². The summed E-state index contributed by atoms with van der Waals surface area (Å²) in [6.07, 6.45) is 0. The molecule has 3 heterocycles. The van der Waals surface area contributed by atoms with E-state index in [1.807, 2.05) is 24.4 Å². The van der Waals surface area contributed by atoms with Crippen LogP contribution in [0.3, 0.4) is 0 Å². The number of hydrogen-bond acceptors (Lipinski definition) is 8. The van der Waals surface area contributed by atoms with Crippen molar-refractivity contribution < 1.29 is 14.5 Å². The number of nitro groups is 1. The highest BCUT2D eigenvalue weighted by Gasteiger charge is 2.19. The Balaban J connectivity index is 1.89. The monoisotopic (exact) mass is 427 g/mol. The number of nitrogens with zero attached hydrogens (tertiary/aromatic N) is 2. The van der Waals surface area contributed by atoms with Crippen molar-refractivity contribution in [2.75, 3.05) is 7.11 Å². The Kier molecular flexibility index (Phi) is 4.73. The molecule has 146 valence electrons. The summed E-state index contributed by atoms with van der Waals surface area (Å²) in [5, 5.41) is 13.6. The van der Waals surface area contributed by atoms with Gasteiger partial charge in [-0.15, -0.1) is 22.7 Å². The molecule has 3 aromatic heterocycles. The van der Waals surface area contributed by atoms with Gasteiger partial charge >= 0.3 is 5.97 Å². The number of benzene rings is 1. The topological polar surface area (TPSA) is 115 Å². The van der Waals surface area contributed by atoms with Crippen LogP contribution in [0.15, 0.2) is 40.5 Å². The second-order valence-corrected chi connectivity index (χ2v) is 8.32. The molecule has 0 aliphatic carbocycles. The van der Waals surface area contributed by atoms with Gasteiger partial charge in [-0.3, -0.25) is 14.9 Å². The van der Waals surface area contributed by atoms with E-state index in [4.69, 9.17) is 0 Å². The number of carbonyl (C=O) groups excluding carboxylic acids is 1. The van der Waals surface area contributed by atoms with Crippen LogP contribution < -0.4 is 5.56 Å². The minimum Gasteiger partial charge on any atom is -0.465 e. The zero-order valence-corrected chi connectivity index (χ0v) is 16.8. The van der Waals surface area contributed by atoms with Crippen LogP contribution in [0, 0.1) is 17.0 Å². The Labute approximate surface area is 171 Å². The lowest BCUT2D eigenvalue weighted by Gasteiger charge is -2.05. The standard InChI is InChI=1S/C19H13N3O5S2/c1-9-3-4-14(29-9)13-8-28-18-15(13)17(23)20-16(21-18)10-5-11(19(24)27-2)7-12(6-10)22(25)26/h3-8H,1-2H3,(H,20,21,23). The van der Waals surface area contributed by atoms with Crippen molar-refractivity contribution in [2.45, 2.75) is 6.92 Å². The molecule has 0 aliphatic heterocycles. The van der Waals surface area contributed by atoms with Gasteiger partial charge in [0, 0.05) is 38.4 Å². The summed E-state index contributed by atoms with van der Waals surface area (Å²) < 4.78 is 4.66. The summed E-state index contributed by atoms with van der Waals surface area (Å²) in [7, 11) is 1.19. The molecule has 0 atom stereocenters. The van der Waals surface area contributed by atoms with Gasteiger partial charge < -0.3 is 9.72 Å². The second-order valence-electron chi connectivity index (χ2n) is 6.17. The number of methoxy groups -OCH3 is 1. The Bertz CT molecular complexity index is 1340. The highest BCUT2D eigenvalue weighted by molar-refractivity contribution is 7.19. The molecule has 8 nitrogen and oxygen atoms in total. The number of fused-ring (bicyclic) bond motifs is 1. The van der Waals surface area contributed by atoms with Crippen LogP contribution in [0.2, 0.25) is 0 Å². The van der Waals surface area contributed by atoms with Crippen molar-refractivity contribution in [3.63, 3.8) is 0 Å². The fourth-order valence-corrected chi connectivity index (χ4v) is 4.84. The number of aromatic amines is 1. The molecule has 0 radical (unpaired) electrons. The number of thiophene rings is 2. The van der Waals surface area contributed by atoms with Gasteiger partial charge in [0.1, 0.15) is 10.7 Å². The van der Waals surface area contributed by atoms with Crippen molar-refractivity contribution >= 4 is 44.5 Å².